The summed E-state index contributed by atoms with van der Waals surface area (Å²) in [4.78, 5) is 23.0. The summed E-state index contributed by atoms with van der Waals surface area (Å²) in [5.74, 6) is -5.31. The van der Waals surface area contributed by atoms with Crippen LogP contribution in [0.2, 0.25) is 0 Å². The summed E-state index contributed by atoms with van der Waals surface area (Å²) >= 11 is 0. The molecule has 0 unspecified atom stereocenters. The molecule has 0 bridgehead atoms. The summed E-state index contributed by atoms with van der Waals surface area (Å²) in [6.07, 6.45) is 0. The van der Waals surface area contributed by atoms with Gasteiger partial charge in [-0.15, -0.1) is 0 Å². The van der Waals surface area contributed by atoms with Gasteiger partial charge in [-0.1, -0.05) is 42.0 Å². The third-order valence-electron chi connectivity index (χ3n) is 3.25. The summed E-state index contributed by atoms with van der Waals surface area (Å²) in [5.41, 5.74) is 1.13. The number of rotatable bonds is 4. The Hall–Kier alpha value is -2.56. The Kier molecular flexibility index (Phi) is 4.35. The summed E-state index contributed by atoms with van der Waals surface area (Å²) in [5, 5.41) is 2.19. The second-order valence-corrected chi connectivity index (χ2v) is 5.03. The molecule has 2 rings (SSSR count). The molecule has 2 aromatic rings. The Bertz CT molecular complexity index is 692. The van der Waals surface area contributed by atoms with Gasteiger partial charge >= 0.3 is 5.92 Å². The Morgan fingerprint density at radius 1 is 0.955 bits per heavy atom. The van der Waals surface area contributed by atoms with Gasteiger partial charge in [-0.3, -0.25) is 9.59 Å². The third kappa shape index (κ3) is 3.36. The molecule has 0 saturated carbocycles. The van der Waals surface area contributed by atoms with E-state index in [1.807, 2.05) is 6.92 Å². The fraction of sp³-hybridized carbons (Fsp3) is 0.176. The first-order valence-electron chi connectivity index (χ1n) is 6.68. The number of aryl methyl sites for hydroxylation is 1. The maximum Gasteiger partial charge on any atom is 0.350 e. The standard InChI is InChI=1S/C17H15F2NO2/c1-11-3-9-15(10-4-11)20-16(22)17(18,19)14-7-5-13(6-8-14)12(2)21/h3-10H,1-2H3,(H,20,22). The van der Waals surface area contributed by atoms with E-state index in [0.717, 1.165) is 17.7 Å². The molecule has 22 heavy (non-hydrogen) atoms. The molecule has 0 spiro atoms. The number of halogens is 2. The predicted octanol–water partition coefficient (Wildman–Crippen LogP) is 3.93. The van der Waals surface area contributed by atoms with Crippen molar-refractivity contribution in [3.63, 3.8) is 0 Å². The average Bonchev–Trinajstić information content (AvgIpc) is 2.49. The zero-order chi connectivity index (χ0) is 16.3. The lowest BCUT2D eigenvalue weighted by Crippen LogP contribution is -2.32. The van der Waals surface area contributed by atoms with Gasteiger partial charge in [0, 0.05) is 16.8 Å². The topological polar surface area (TPSA) is 46.2 Å². The molecular weight excluding hydrogens is 288 g/mol. The molecule has 0 aliphatic rings. The Balaban J connectivity index is 2.19. The minimum atomic E-state index is -3.68. The van der Waals surface area contributed by atoms with Gasteiger partial charge in [0.1, 0.15) is 0 Å². The highest BCUT2D eigenvalue weighted by Gasteiger charge is 2.40. The molecule has 0 aliphatic carbocycles. The lowest BCUT2D eigenvalue weighted by atomic mass is 10.0. The highest BCUT2D eigenvalue weighted by atomic mass is 19.3. The number of amides is 1. The van der Waals surface area contributed by atoms with Crippen LogP contribution in [0.1, 0.15) is 28.4 Å². The molecule has 0 atom stereocenters. The number of carbonyl (C=O) groups excluding carboxylic acids is 2. The van der Waals surface area contributed by atoms with Gasteiger partial charge in [-0.05, 0) is 26.0 Å². The first kappa shape index (κ1) is 15.8. The molecule has 0 saturated heterocycles. The average molecular weight is 303 g/mol. The minimum absolute atomic E-state index is 0.223. The van der Waals surface area contributed by atoms with Gasteiger partial charge < -0.3 is 5.32 Å². The van der Waals surface area contributed by atoms with Gasteiger partial charge in [0.2, 0.25) is 0 Å². The largest absolute Gasteiger partial charge is 0.350 e. The third-order valence-corrected chi connectivity index (χ3v) is 3.25. The van der Waals surface area contributed by atoms with Gasteiger partial charge in [0.25, 0.3) is 5.91 Å². The number of benzene rings is 2. The Morgan fingerprint density at radius 2 is 1.50 bits per heavy atom. The van der Waals surface area contributed by atoms with Crippen LogP contribution in [0.15, 0.2) is 48.5 Å². The molecule has 1 amide bonds. The summed E-state index contributed by atoms with van der Waals surface area (Å²) in [7, 11) is 0. The van der Waals surface area contributed by atoms with Gasteiger partial charge in [0.05, 0.1) is 0 Å². The first-order valence-corrected chi connectivity index (χ1v) is 6.68. The number of alkyl halides is 2. The molecular formula is C17H15F2NO2. The van der Waals surface area contributed by atoms with Crippen molar-refractivity contribution in [2.24, 2.45) is 0 Å². The molecule has 3 nitrogen and oxygen atoms in total. The highest BCUT2D eigenvalue weighted by molar-refractivity contribution is 5.97. The van der Waals surface area contributed by atoms with Gasteiger partial charge in [-0.25, -0.2) is 0 Å². The number of ketones is 1. The van der Waals surface area contributed by atoms with Crippen molar-refractivity contribution in [3.05, 3.63) is 65.2 Å². The Labute approximate surface area is 127 Å². The van der Waals surface area contributed by atoms with E-state index in [1.54, 1.807) is 24.3 Å². The number of hydrogen-bond donors (Lipinski definition) is 1. The van der Waals surface area contributed by atoms with E-state index in [4.69, 9.17) is 0 Å². The molecule has 0 aliphatic heterocycles. The van der Waals surface area contributed by atoms with Crippen LogP contribution in [0.25, 0.3) is 0 Å². The first-order chi connectivity index (χ1) is 10.3. The van der Waals surface area contributed by atoms with Gasteiger partial charge in [0.15, 0.2) is 5.78 Å². The second kappa shape index (κ2) is 6.05. The van der Waals surface area contributed by atoms with E-state index < -0.39 is 17.4 Å². The quantitative estimate of drug-likeness (QED) is 0.870. The SMILES string of the molecule is CC(=O)c1ccc(C(F)(F)C(=O)Nc2ccc(C)cc2)cc1. The number of carbonyl (C=O) groups is 2. The van der Waals surface area contributed by atoms with E-state index >= 15 is 0 Å². The van der Waals surface area contributed by atoms with E-state index in [-0.39, 0.29) is 5.78 Å². The van der Waals surface area contributed by atoms with Crippen molar-refractivity contribution in [3.8, 4) is 0 Å². The van der Waals surface area contributed by atoms with Crippen LogP contribution in [0.3, 0.4) is 0 Å². The summed E-state index contributed by atoms with van der Waals surface area (Å²) in [6.45, 7) is 3.20. The van der Waals surface area contributed by atoms with E-state index in [1.165, 1.54) is 19.1 Å². The summed E-state index contributed by atoms with van der Waals surface area (Å²) in [6, 6.07) is 11.3. The molecule has 0 fully saturated rings. The normalized spacial score (nSPS) is 11.1. The van der Waals surface area contributed by atoms with Crippen LogP contribution < -0.4 is 5.32 Å². The van der Waals surface area contributed by atoms with Crippen LogP contribution in [0, 0.1) is 6.92 Å². The zero-order valence-corrected chi connectivity index (χ0v) is 12.2. The number of Topliss-reactive ketones (excluding diaryl/α,β-unsaturated/α-hetero) is 1. The van der Waals surface area contributed by atoms with E-state index in [2.05, 4.69) is 5.32 Å². The molecule has 0 aromatic heterocycles. The molecule has 5 heteroatoms. The van der Waals surface area contributed by atoms with Crippen molar-refractivity contribution in [2.45, 2.75) is 19.8 Å². The summed E-state index contributed by atoms with van der Waals surface area (Å²) < 4.78 is 28.3. The van der Waals surface area contributed by atoms with Crippen LogP contribution in [0.4, 0.5) is 14.5 Å². The maximum atomic E-state index is 14.2. The van der Waals surface area contributed by atoms with Crippen molar-refractivity contribution in [1.29, 1.82) is 0 Å². The second-order valence-electron chi connectivity index (χ2n) is 5.03. The lowest BCUT2D eigenvalue weighted by Gasteiger charge is -2.16. The predicted molar refractivity (Wildman–Crippen MR) is 80.1 cm³/mol. The van der Waals surface area contributed by atoms with Crippen molar-refractivity contribution in [1.82, 2.24) is 0 Å². The van der Waals surface area contributed by atoms with Crippen LogP contribution in [-0.2, 0) is 10.7 Å². The smallest absolute Gasteiger partial charge is 0.321 e. The van der Waals surface area contributed by atoms with Crippen molar-refractivity contribution >= 4 is 17.4 Å². The molecule has 0 heterocycles. The minimum Gasteiger partial charge on any atom is -0.321 e. The van der Waals surface area contributed by atoms with Crippen molar-refractivity contribution in [2.75, 3.05) is 5.32 Å². The zero-order valence-electron chi connectivity index (χ0n) is 12.2. The number of anilines is 1. The molecule has 114 valence electrons. The van der Waals surface area contributed by atoms with Crippen LogP contribution in [0.5, 0.6) is 0 Å². The van der Waals surface area contributed by atoms with Crippen LogP contribution >= 0.6 is 0 Å². The maximum absolute atomic E-state index is 14.2. The monoisotopic (exact) mass is 303 g/mol. The van der Waals surface area contributed by atoms with E-state index in [0.29, 0.717) is 11.3 Å². The number of hydrogen-bond acceptors (Lipinski definition) is 2. The number of nitrogens with one attached hydrogen (secondary N) is 1. The molecule has 1 N–H and O–H groups in total. The molecule has 2 aromatic carbocycles. The fourth-order valence-electron chi connectivity index (χ4n) is 1.89. The van der Waals surface area contributed by atoms with Gasteiger partial charge in [-0.2, -0.15) is 8.78 Å². The van der Waals surface area contributed by atoms with Crippen molar-refractivity contribution < 1.29 is 18.4 Å². The van der Waals surface area contributed by atoms with Crippen LogP contribution in [-0.4, -0.2) is 11.7 Å². The van der Waals surface area contributed by atoms with E-state index in [9.17, 15) is 18.4 Å². The highest BCUT2D eigenvalue weighted by Crippen LogP contribution is 2.30. The Morgan fingerprint density at radius 3 is 2.00 bits per heavy atom. The fourth-order valence-corrected chi connectivity index (χ4v) is 1.89. The molecule has 0 radical (unpaired) electrons. The lowest BCUT2D eigenvalue weighted by molar-refractivity contribution is -0.140.